The van der Waals surface area contributed by atoms with Crippen LogP contribution in [0.15, 0.2) is 42.5 Å². The third-order valence-electron chi connectivity index (χ3n) is 5.60. The molecule has 4 rings (SSSR count). The van der Waals surface area contributed by atoms with Crippen molar-refractivity contribution in [1.29, 1.82) is 5.26 Å². The van der Waals surface area contributed by atoms with Crippen molar-refractivity contribution >= 4 is 0 Å². The van der Waals surface area contributed by atoms with Crippen LogP contribution in [-0.4, -0.2) is 35.3 Å². The van der Waals surface area contributed by atoms with E-state index < -0.39 is 17.2 Å². The minimum Gasteiger partial charge on any atom is -0.385 e. The van der Waals surface area contributed by atoms with Gasteiger partial charge in [-0.1, -0.05) is 30.3 Å². The molecule has 6 heteroatoms. The number of halogens is 2. The molecule has 2 bridgehead atoms. The molecule has 0 amide bonds. The number of morpholine rings is 1. The average Bonchev–Trinajstić information content (AvgIpc) is 2.65. The molecule has 2 aromatic carbocycles. The van der Waals surface area contributed by atoms with Crippen molar-refractivity contribution in [3.8, 4) is 6.07 Å². The molecular formula is C21H20F2N2O2. The maximum atomic E-state index is 13.8. The van der Waals surface area contributed by atoms with Crippen LogP contribution in [0.1, 0.15) is 29.5 Å². The van der Waals surface area contributed by atoms with Gasteiger partial charge in [-0.2, -0.15) is 5.26 Å². The van der Waals surface area contributed by atoms with Crippen LogP contribution in [0.2, 0.25) is 0 Å². The van der Waals surface area contributed by atoms with E-state index in [1.807, 2.05) is 24.3 Å². The lowest BCUT2D eigenvalue weighted by molar-refractivity contribution is -0.149. The minimum atomic E-state index is -1.38. The van der Waals surface area contributed by atoms with Crippen LogP contribution in [0.4, 0.5) is 8.78 Å². The molecule has 2 unspecified atom stereocenters. The molecule has 0 aromatic heterocycles. The van der Waals surface area contributed by atoms with Gasteiger partial charge in [0.15, 0.2) is 11.6 Å². The fourth-order valence-corrected chi connectivity index (χ4v) is 4.34. The summed E-state index contributed by atoms with van der Waals surface area (Å²) < 4.78 is 33.1. The minimum absolute atomic E-state index is 0.0214. The van der Waals surface area contributed by atoms with Gasteiger partial charge in [-0.3, -0.25) is 4.90 Å². The first-order chi connectivity index (χ1) is 13.0. The number of fused-ring (bicyclic) bond motifs is 2. The second kappa shape index (κ2) is 7.01. The fourth-order valence-electron chi connectivity index (χ4n) is 4.34. The zero-order chi connectivity index (χ0) is 19.0. The molecule has 0 spiro atoms. The molecule has 2 aromatic rings. The highest BCUT2D eigenvalue weighted by atomic mass is 19.2. The molecule has 4 nitrogen and oxygen atoms in total. The Morgan fingerprint density at radius 3 is 2.37 bits per heavy atom. The van der Waals surface area contributed by atoms with Gasteiger partial charge in [0, 0.05) is 24.2 Å². The van der Waals surface area contributed by atoms with Gasteiger partial charge in [0.2, 0.25) is 0 Å². The number of nitriles is 1. The number of hydrogen-bond donors (Lipinski definition) is 1. The van der Waals surface area contributed by atoms with Gasteiger partial charge in [0.25, 0.3) is 0 Å². The molecule has 2 saturated heterocycles. The number of benzene rings is 2. The summed E-state index contributed by atoms with van der Waals surface area (Å²) in [5.74, 6) is -2.13. The number of nitrogens with zero attached hydrogens (tertiary/aromatic N) is 2. The Labute approximate surface area is 156 Å². The van der Waals surface area contributed by atoms with E-state index in [-0.39, 0.29) is 23.2 Å². The van der Waals surface area contributed by atoms with Crippen molar-refractivity contribution in [1.82, 2.24) is 4.90 Å². The van der Waals surface area contributed by atoms with E-state index in [2.05, 4.69) is 17.0 Å². The highest BCUT2D eigenvalue weighted by Crippen LogP contribution is 2.43. The van der Waals surface area contributed by atoms with Gasteiger partial charge in [-0.25, -0.2) is 8.78 Å². The van der Waals surface area contributed by atoms with Gasteiger partial charge < -0.3 is 9.84 Å². The molecule has 2 atom stereocenters. The molecule has 0 aliphatic carbocycles. The van der Waals surface area contributed by atoms with Crippen LogP contribution < -0.4 is 0 Å². The number of aliphatic hydroxyl groups is 1. The van der Waals surface area contributed by atoms with E-state index in [4.69, 9.17) is 4.74 Å². The van der Waals surface area contributed by atoms with E-state index >= 15 is 0 Å². The summed E-state index contributed by atoms with van der Waals surface area (Å²) in [6, 6.07) is 13.6. The van der Waals surface area contributed by atoms with E-state index in [0.29, 0.717) is 26.1 Å². The van der Waals surface area contributed by atoms with E-state index in [1.54, 1.807) is 0 Å². The van der Waals surface area contributed by atoms with Crippen LogP contribution in [0.3, 0.4) is 0 Å². The van der Waals surface area contributed by atoms with Crippen molar-refractivity contribution in [2.24, 2.45) is 0 Å². The molecule has 27 heavy (non-hydrogen) atoms. The second-order valence-electron chi connectivity index (χ2n) is 7.37. The first-order valence-corrected chi connectivity index (χ1v) is 8.99. The fraction of sp³-hybridized carbons (Fsp3) is 0.381. The highest BCUT2D eigenvalue weighted by molar-refractivity contribution is 5.43. The Balaban J connectivity index is 1.65. The molecule has 2 fully saturated rings. The van der Waals surface area contributed by atoms with Crippen molar-refractivity contribution in [2.45, 2.75) is 37.1 Å². The lowest BCUT2D eigenvalue weighted by Crippen LogP contribution is -2.60. The number of ether oxygens (including phenoxy) is 1. The summed E-state index contributed by atoms with van der Waals surface area (Å²) in [5.41, 5.74) is -0.0660. The lowest BCUT2D eigenvalue weighted by atomic mass is 9.75. The third-order valence-corrected chi connectivity index (χ3v) is 5.60. The summed E-state index contributed by atoms with van der Waals surface area (Å²) in [7, 11) is 0. The van der Waals surface area contributed by atoms with E-state index in [1.165, 1.54) is 5.56 Å². The molecule has 0 saturated carbocycles. The first-order valence-electron chi connectivity index (χ1n) is 8.99. The predicted octanol–water partition coefficient (Wildman–Crippen LogP) is 3.09. The maximum Gasteiger partial charge on any atom is 0.160 e. The normalized spacial score (nSPS) is 27.9. The van der Waals surface area contributed by atoms with Crippen LogP contribution in [0.5, 0.6) is 0 Å². The number of hydrogen-bond acceptors (Lipinski definition) is 4. The van der Waals surface area contributed by atoms with Gasteiger partial charge in [-0.05, 0) is 30.5 Å². The Morgan fingerprint density at radius 1 is 1.11 bits per heavy atom. The smallest absolute Gasteiger partial charge is 0.160 e. The van der Waals surface area contributed by atoms with Crippen molar-refractivity contribution in [3.05, 3.63) is 70.8 Å². The molecule has 2 aliphatic rings. The van der Waals surface area contributed by atoms with Crippen LogP contribution in [-0.2, 0) is 16.9 Å². The maximum absolute atomic E-state index is 13.8. The predicted molar refractivity (Wildman–Crippen MR) is 94.6 cm³/mol. The second-order valence-corrected chi connectivity index (χ2v) is 7.37. The summed E-state index contributed by atoms with van der Waals surface area (Å²) in [6.45, 7) is 1.65. The van der Waals surface area contributed by atoms with Crippen LogP contribution >= 0.6 is 0 Å². The van der Waals surface area contributed by atoms with Crippen molar-refractivity contribution < 1.29 is 18.6 Å². The zero-order valence-electron chi connectivity index (χ0n) is 14.7. The quantitative estimate of drug-likeness (QED) is 0.902. The Kier molecular flexibility index (Phi) is 4.68. The molecule has 2 aliphatic heterocycles. The largest absolute Gasteiger partial charge is 0.385 e. The lowest BCUT2D eigenvalue weighted by Gasteiger charge is -2.52. The zero-order valence-corrected chi connectivity index (χ0v) is 14.7. The van der Waals surface area contributed by atoms with E-state index in [0.717, 1.165) is 18.7 Å². The summed E-state index contributed by atoms with van der Waals surface area (Å²) in [6.07, 6.45) is 0.603. The van der Waals surface area contributed by atoms with Gasteiger partial charge >= 0.3 is 0 Å². The monoisotopic (exact) mass is 370 g/mol. The van der Waals surface area contributed by atoms with Gasteiger partial charge in [-0.15, -0.1) is 0 Å². The van der Waals surface area contributed by atoms with Crippen molar-refractivity contribution in [2.75, 3.05) is 13.2 Å². The Bertz CT molecular complexity index is 868. The highest BCUT2D eigenvalue weighted by Gasteiger charge is 2.48. The van der Waals surface area contributed by atoms with Gasteiger partial charge in [0.05, 0.1) is 30.4 Å². The Morgan fingerprint density at radius 2 is 1.74 bits per heavy atom. The summed E-state index contributed by atoms with van der Waals surface area (Å²) >= 11 is 0. The standard InChI is InChI=1S/C21H20F2N2O2/c22-19-6-15(10-24)18(7-20(19)23)21(26)8-16-12-27-13-17(9-21)25(16)11-14-4-2-1-3-5-14/h1-7,16-17,26H,8-9,11-13H2. The average molecular weight is 370 g/mol. The number of piperidine rings is 1. The molecule has 2 heterocycles. The van der Waals surface area contributed by atoms with Gasteiger partial charge in [0.1, 0.15) is 0 Å². The van der Waals surface area contributed by atoms with E-state index in [9.17, 15) is 19.1 Å². The summed E-state index contributed by atoms with van der Waals surface area (Å²) in [4.78, 5) is 2.30. The van der Waals surface area contributed by atoms with Crippen molar-refractivity contribution in [3.63, 3.8) is 0 Å². The number of rotatable bonds is 3. The third kappa shape index (κ3) is 3.34. The topological polar surface area (TPSA) is 56.5 Å². The Hall–Kier alpha value is -2.33. The molecular weight excluding hydrogens is 350 g/mol. The molecule has 140 valence electrons. The van der Waals surface area contributed by atoms with Crippen LogP contribution in [0, 0.1) is 23.0 Å². The summed E-state index contributed by atoms with van der Waals surface area (Å²) in [5, 5.41) is 20.7. The SMILES string of the molecule is N#Cc1cc(F)c(F)cc1C1(O)CC2COCC(C1)N2Cc1ccccc1. The molecule has 1 N–H and O–H groups in total. The first kappa shape index (κ1) is 18.1. The molecule has 0 radical (unpaired) electrons. The van der Waals surface area contributed by atoms with Crippen LogP contribution in [0.25, 0.3) is 0 Å².